The molecule has 0 aliphatic heterocycles. The Kier molecular flexibility index (Phi) is 16.1. The van der Waals surface area contributed by atoms with Crippen LogP contribution in [0.4, 0.5) is 0 Å². The molecule has 15 heteroatoms. The molecule has 0 spiro atoms. The zero-order valence-corrected chi connectivity index (χ0v) is 19.7. The Morgan fingerprint density at radius 1 is 0.808 bits per heavy atom. The Balaban J connectivity index is -0.000000484. The minimum Gasteiger partial charge on any atom is -0.412 e. The minimum absolute atomic E-state index is 0. The number of fused-ring (bicyclic) bond motifs is 1. The fourth-order valence-electron chi connectivity index (χ4n) is 1.85. The summed E-state index contributed by atoms with van der Waals surface area (Å²) in [5.74, 6) is -0.371. The van der Waals surface area contributed by atoms with Crippen molar-refractivity contribution in [3.8, 4) is 11.5 Å². The van der Waals surface area contributed by atoms with Crippen LogP contribution in [0.25, 0.3) is 10.8 Å². The largest absolute Gasteiger partial charge is 0.446 e. The number of hydrogen-bond acceptors (Lipinski definition) is 6. The summed E-state index contributed by atoms with van der Waals surface area (Å²) in [5, 5.41) is 0.369. The van der Waals surface area contributed by atoms with E-state index in [0.29, 0.717) is 0 Å². The number of rotatable bonds is 4. The molecule has 2 rings (SSSR count). The third-order valence-electron chi connectivity index (χ3n) is 2.53. The standard InChI is InChI=1S/C11H10O8S2.2Na.3H2O/c1-7-6-10(18-20(12,13)14)8-4-2-3-5-9(8)11(7)19-21(15,16)17;;;;;/h2-6H,1H3,(H,12,13,14)(H,15,16,17);;;3*1H2. The summed E-state index contributed by atoms with van der Waals surface area (Å²) >= 11 is 0. The van der Waals surface area contributed by atoms with Gasteiger partial charge in [0, 0.05) is 69.9 Å². The van der Waals surface area contributed by atoms with E-state index >= 15 is 0 Å². The molecule has 8 N–H and O–H groups in total. The first kappa shape index (κ1) is 33.6. The Morgan fingerprint density at radius 2 is 1.23 bits per heavy atom. The molecule has 2 radical (unpaired) electrons. The van der Waals surface area contributed by atoms with Crippen LogP contribution in [-0.2, 0) is 20.8 Å². The maximum Gasteiger partial charge on any atom is 0.446 e. The number of hydrogen-bond donors (Lipinski definition) is 2. The molecule has 0 aliphatic rings. The van der Waals surface area contributed by atoms with Gasteiger partial charge in [-0.05, 0) is 18.6 Å². The molecule has 0 heterocycles. The van der Waals surface area contributed by atoms with Gasteiger partial charge in [0.05, 0.1) is 0 Å². The second kappa shape index (κ2) is 12.5. The van der Waals surface area contributed by atoms with Crippen LogP contribution in [0.3, 0.4) is 0 Å². The molecule has 0 bridgehead atoms. The molecule has 26 heavy (non-hydrogen) atoms. The van der Waals surface area contributed by atoms with E-state index in [2.05, 4.69) is 8.37 Å². The molecule has 140 valence electrons. The zero-order chi connectivity index (χ0) is 15.8. The van der Waals surface area contributed by atoms with Crippen LogP contribution in [0.2, 0.25) is 0 Å². The van der Waals surface area contributed by atoms with Gasteiger partial charge in [-0.15, -0.1) is 0 Å². The Morgan fingerprint density at radius 3 is 1.65 bits per heavy atom. The van der Waals surface area contributed by atoms with Crippen LogP contribution in [0.1, 0.15) is 5.56 Å². The van der Waals surface area contributed by atoms with Crippen molar-refractivity contribution in [1.82, 2.24) is 0 Å². The summed E-state index contributed by atoms with van der Waals surface area (Å²) in [6, 6.07) is 7.14. The molecule has 2 aromatic carbocycles. The molecule has 0 saturated heterocycles. The quantitative estimate of drug-likeness (QED) is 0.415. The van der Waals surface area contributed by atoms with Crippen molar-refractivity contribution in [1.29, 1.82) is 0 Å². The van der Waals surface area contributed by atoms with Crippen LogP contribution in [0.5, 0.6) is 11.5 Å². The molecule has 0 saturated carbocycles. The van der Waals surface area contributed by atoms with Gasteiger partial charge >= 0.3 is 20.8 Å². The van der Waals surface area contributed by atoms with Gasteiger partial charge in [-0.2, -0.15) is 16.8 Å². The molecule has 0 atom stereocenters. The topological polar surface area (TPSA) is 222 Å². The van der Waals surface area contributed by atoms with E-state index in [1.807, 2.05) is 0 Å². The van der Waals surface area contributed by atoms with Crippen LogP contribution < -0.4 is 8.37 Å². The smallest absolute Gasteiger partial charge is 0.412 e. The number of aryl methyl sites for hydroxylation is 1. The Hall–Kier alpha value is 0. The van der Waals surface area contributed by atoms with Crippen molar-refractivity contribution >= 4 is 90.7 Å². The third-order valence-corrected chi connectivity index (χ3v) is 3.29. The first-order valence-electron chi connectivity index (χ1n) is 5.43. The normalized spacial score (nSPS) is 9.96. The van der Waals surface area contributed by atoms with Crippen molar-refractivity contribution in [2.24, 2.45) is 0 Å². The molecule has 0 aliphatic carbocycles. The van der Waals surface area contributed by atoms with Crippen LogP contribution >= 0.6 is 0 Å². The molecule has 0 fully saturated rings. The predicted molar refractivity (Wildman–Crippen MR) is 95.4 cm³/mol. The summed E-state index contributed by atoms with van der Waals surface area (Å²) in [6.07, 6.45) is 0. The first-order valence-corrected chi connectivity index (χ1v) is 8.16. The van der Waals surface area contributed by atoms with E-state index in [-0.39, 0.29) is 103 Å². The van der Waals surface area contributed by atoms with Gasteiger partial charge in [0.1, 0.15) is 0 Å². The van der Waals surface area contributed by atoms with Crippen molar-refractivity contribution < 1.29 is 50.7 Å². The summed E-state index contributed by atoms with van der Waals surface area (Å²) in [7, 11) is -9.49. The maximum absolute atomic E-state index is 10.9. The fourth-order valence-corrected chi connectivity index (χ4v) is 2.64. The van der Waals surface area contributed by atoms with Crippen molar-refractivity contribution in [3.63, 3.8) is 0 Å². The fraction of sp³-hybridized carbons (Fsp3) is 0.0909. The van der Waals surface area contributed by atoms with Gasteiger partial charge in [0.2, 0.25) is 0 Å². The van der Waals surface area contributed by atoms with Gasteiger partial charge in [-0.1, -0.05) is 24.3 Å². The van der Waals surface area contributed by atoms with Gasteiger partial charge in [-0.3, -0.25) is 9.11 Å². The monoisotopic (exact) mass is 434 g/mol. The summed E-state index contributed by atoms with van der Waals surface area (Å²) < 4.78 is 69.9. The van der Waals surface area contributed by atoms with Crippen molar-refractivity contribution in [2.75, 3.05) is 0 Å². The van der Waals surface area contributed by atoms with Crippen LogP contribution in [-0.4, -0.2) is 101 Å². The van der Waals surface area contributed by atoms with E-state index in [0.717, 1.165) is 6.07 Å². The van der Waals surface area contributed by atoms with Gasteiger partial charge in [0.15, 0.2) is 11.5 Å². The van der Waals surface area contributed by atoms with Crippen LogP contribution in [0.15, 0.2) is 30.3 Å². The average Bonchev–Trinajstić information content (AvgIpc) is 2.31. The van der Waals surface area contributed by atoms with Gasteiger partial charge < -0.3 is 24.8 Å². The summed E-state index contributed by atoms with van der Waals surface area (Å²) in [6.45, 7) is 1.42. The van der Waals surface area contributed by atoms with E-state index in [1.54, 1.807) is 12.1 Å². The van der Waals surface area contributed by atoms with Gasteiger partial charge in [0.25, 0.3) is 0 Å². The van der Waals surface area contributed by atoms with Crippen molar-refractivity contribution in [2.45, 2.75) is 6.92 Å². The third kappa shape index (κ3) is 9.27. The minimum atomic E-state index is -4.75. The maximum atomic E-state index is 10.9. The molecular formula is C11H16Na2O11S2. The van der Waals surface area contributed by atoms with Crippen molar-refractivity contribution in [3.05, 3.63) is 35.9 Å². The average molecular weight is 434 g/mol. The Labute approximate surface area is 194 Å². The molecule has 2 aromatic rings. The number of benzene rings is 2. The van der Waals surface area contributed by atoms with E-state index in [4.69, 9.17) is 9.11 Å². The van der Waals surface area contributed by atoms with E-state index in [1.165, 1.54) is 19.1 Å². The molecular weight excluding hydrogens is 418 g/mol. The van der Waals surface area contributed by atoms with E-state index in [9.17, 15) is 16.8 Å². The molecule has 0 amide bonds. The second-order valence-corrected chi connectivity index (χ2v) is 6.13. The summed E-state index contributed by atoms with van der Waals surface area (Å²) in [4.78, 5) is 0. The predicted octanol–water partition coefficient (Wildman–Crippen LogP) is -1.72. The SMILES string of the molecule is Cc1cc(OS(=O)(=O)O)c2ccccc2c1OS(=O)(=O)O.O.O.O.[Na].[Na]. The first-order chi connectivity index (χ1) is 9.57. The van der Waals surface area contributed by atoms with E-state index < -0.39 is 20.8 Å². The van der Waals surface area contributed by atoms with Gasteiger partial charge in [-0.25, -0.2) is 0 Å². The Bertz CT molecular complexity index is 913. The van der Waals surface area contributed by atoms with Crippen LogP contribution in [0, 0.1) is 6.92 Å². The summed E-state index contributed by atoms with van der Waals surface area (Å²) in [5.41, 5.74) is 0.185. The zero-order valence-electron chi connectivity index (χ0n) is 14.0. The molecule has 11 nitrogen and oxygen atoms in total. The second-order valence-electron chi connectivity index (χ2n) is 4.09. The molecule has 0 aromatic heterocycles. The molecule has 0 unspecified atom stereocenters.